The van der Waals surface area contributed by atoms with Gasteiger partial charge in [-0.3, -0.25) is 4.79 Å². The van der Waals surface area contributed by atoms with Gasteiger partial charge in [-0.05, 0) is 36.0 Å². The second-order valence-electron chi connectivity index (χ2n) is 6.24. The van der Waals surface area contributed by atoms with E-state index in [9.17, 15) is 9.90 Å². The number of fused-ring (bicyclic) bond motifs is 2. The summed E-state index contributed by atoms with van der Waals surface area (Å²) in [4.78, 5) is 11.3. The molecular weight excluding hydrogens is 188 g/mol. The molecule has 0 aromatic rings. The summed E-state index contributed by atoms with van der Waals surface area (Å²) in [6.45, 7) is 6.59. The molecule has 0 aliphatic heterocycles. The van der Waals surface area contributed by atoms with Crippen LogP contribution in [0.5, 0.6) is 0 Å². The van der Waals surface area contributed by atoms with E-state index in [4.69, 9.17) is 0 Å². The van der Waals surface area contributed by atoms with E-state index in [1.807, 2.05) is 0 Å². The molecule has 2 rings (SSSR count). The van der Waals surface area contributed by atoms with Crippen LogP contribution in [0.4, 0.5) is 0 Å². The van der Waals surface area contributed by atoms with E-state index in [-0.39, 0.29) is 11.3 Å². The number of carboxylic acids is 1. The van der Waals surface area contributed by atoms with E-state index < -0.39 is 5.97 Å². The van der Waals surface area contributed by atoms with Gasteiger partial charge in [-0.2, -0.15) is 0 Å². The first-order valence-corrected chi connectivity index (χ1v) is 5.79. The minimum atomic E-state index is -0.596. The van der Waals surface area contributed by atoms with E-state index in [0.29, 0.717) is 17.8 Å². The van der Waals surface area contributed by atoms with Gasteiger partial charge in [0.15, 0.2) is 0 Å². The zero-order valence-electron chi connectivity index (χ0n) is 9.73. The fourth-order valence-corrected chi connectivity index (χ4v) is 3.28. The van der Waals surface area contributed by atoms with E-state index >= 15 is 0 Å². The lowest BCUT2D eigenvalue weighted by Gasteiger charge is -2.30. The summed E-state index contributed by atoms with van der Waals surface area (Å²) in [5, 5.41) is 9.27. The highest BCUT2D eigenvalue weighted by atomic mass is 16.4. The normalized spacial score (nSPS) is 38.6. The molecule has 0 amide bonds. The van der Waals surface area contributed by atoms with Crippen LogP contribution in [0.15, 0.2) is 12.2 Å². The smallest absolute Gasteiger partial charge is 0.307 e. The maximum Gasteiger partial charge on any atom is 0.307 e. The van der Waals surface area contributed by atoms with Crippen LogP contribution in [-0.2, 0) is 4.79 Å². The van der Waals surface area contributed by atoms with E-state index in [1.54, 1.807) is 0 Å². The standard InChI is InChI=1S/C13H20O2/c1-13(2,3)7-10-8-4-5-9(6-8)11(10)12(14)15/h4-5,8-11H,6-7H2,1-3H3,(H,14,15). The average Bonchev–Trinajstić information content (AvgIpc) is 2.59. The first kappa shape index (κ1) is 10.7. The lowest BCUT2D eigenvalue weighted by Crippen LogP contribution is -2.30. The van der Waals surface area contributed by atoms with Gasteiger partial charge in [0.2, 0.25) is 0 Å². The van der Waals surface area contributed by atoms with Gasteiger partial charge in [0.05, 0.1) is 5.92 Å². The fraction of sp³-hybridized carbons (Fsp3) is 0.769. The molecule has 15 heavy (non-hydrogen) atoms. The highest BCUT2D eigenvalue weighted by Crippen LogP contribution is 2.51. The Balaban J connectivity index is 2.16. The van der Waals surface area contributed by atoms with Crippen molar-refractivity contribution < 1.29 is 9.90 Å². The maximum absolute atomic E-state index is 11.3. The Kier molecular flexibility index (Phi) is 2.40. The predicted molar refractivity (Wildman–Crippen MR) is 59.4 cm³/mol. The maximum atomic E-state index is 11.3. The third-order valence-electron chi connectivity index (χ3n) is 3.76. The largest absolute Gasteiger partial charge is 0.481 e. The molecule has 2 aliphatic carbocycles. The van der Waals surface area contributed by atoms with Gasteiger partial charge < -0.3 is 5.11 Å². The number of carbonyl (C=O) groups is 1. The van der Waals surface area contributed by atoms with Crippen molar-refractivity contribution >= 4 is 5.97 Å². The van der Waals surface area contributed by atoms with Crippen LogP contribution in [0.1, 0.15) is 33.6 Å². The number of aliphatic carboxylic acids is 1. The lowest BCUT2D eigenvalue weighted by atomic mass is 9.74. The summed E-state index contributed by atoms with van der Waals surface area (Å²) >= 11 is 0. The van der Waals surface area contributed by atoms with Gasteiger partial charge in [-0.1, -0.05) is 32.9 Å². The molecule has 0 spiro atoms. The topological polar surface area (TPSA) is 37.3 Å². The summed E-state index contributed by atoms with van der Waals surface area (Å²) < 4.78 is 0. The van der Waals surface area contributed by atoms with Crippen molar-refractivity contribution in [2.24, 2.45) is 29.1 Å². The van der Waals surface area contributed by atoms with Gasteiger partial charge in [-0.15, -0.1) is 0 Å². The van der Waals surface area contributed by atoms with Crippen molar-refractivity contribution in [3.05, 3.63) is 12.2 Å². The van der Waals surface area contributed by atoms with Crippen molar-refractivity contribution in [3.63, 3.8) is 0 Å². The monoisotopic (exact) mass is 208 g/mol. The molecule has 4 atom stereocenters. The second-order valence-corrected chi connectivity index (χ2v) is 6.24. The fourth-order valence-electron chi connectivity index (χ4n) is 3.28. The van der Waals surface area contributed by atoms with Crippen molar-refractivity contribution in [2.45, 2.75) is 33.6 Å². The molecule has 0 saturated heterocycles. The molecule has 2 bridgehead atoms. The van der Waals surface area contributed by atoms with Gasteiger partial charge in [-0.25, -0.2) is 0 Å². The lowest BCUT2D eigenvalue weighted by molar-refractivity contribution is -0.144. The molecular formula is C13H20O2. The molecule has 2 aliphatic rings. The summed E-state index contributed by atoms with van der Waals surface area (Å²) in [5.74, 6) is 0.466. The van der Waals surface area contributed by atoms with Crippen molar-refractivity contribution in [1.82, 2.24) is 0 Å². The van der Waals surface area contributed by atoms with Crippen LogP contribution >= 0.6 is 0 Å². The summed E-state index contributed by atoms with van der Waals surface area (Å²) in [7, 11) is 0. The number of carboxylic acid groups (broad SMARTS) is 1. The van der Waals surface area contributed by atoms with Crippen LogP contribution < -0.4 is 0 Å². The van der Waals surface area contributed by atoms with Crippen LogP contribution in [0.3, 0.4) is 0 Å². The zero-order chi connectivity index (χ0) is 11.2. The molecule has 2 heteroatoms. The number of hydrogen-bond acceptors (Lipinski definition) is 1. The third-order valence-corrected chi connectivity index (χ3v) is 3.76. The molecule has 0 heterocycles. The van der Waals surface area contributed by atoms with E-state index in [0.717, 1.165) is 12.8 Å². The van der Waals surface area contributed by atoms with E-state index in [1.165, 1.54) is 0 Å². The Bertz CT molecular complexity index is 298. The Morgan fingerprint density at radius 1 is 1.33 bits per heavy atom. The van der Waals surface area contributed by atoms with Crippen LogP contribution in [-0.4, -0.2) is 11.1 Å². The first-order chi connectivity index (χ1) is 6.88. The van der Waals surface area contributed by atoms with E-state index in [2.05, 4.69) is 32.9 Å². The van der Waals surface area contributed by atoms with Crippen LogP contribution in [0.25, 0.3) is 0 Å². The Morgan fingerprint density at radius 2 is 1.93 bits per heavy atom. The zero-order valence-corrected chi connectivity index (χ0v) is 9.73. The molecule has 0 aromatic heterocycles. The molecule has 1 fully saturated rings. The van der Waals surface area contributed by atoms with Crippen molar-refractivity contribution in [3.8, 4) is 0 Å². The summed E-state index contributed by atoms with van der Waals surface area (Å²) in [6.07, 6.45) is 6.44. The SMILES string of the molecule is CC(C)(C)CC1C2C=CC(C2)C1C(=O)O. The molecule has 4 unspecified atom stereocenters. The summed E-state index contributed by atoms with van der Waals surface area (Å²) in [6, 6.07) is 0. The van der Waals surface area contributed by atoms with Crippen molar-refractivity contribution in [2.75, 3.05) is 0 Å². The van der Waals surface area contributed by atoms with Gasteiger partial charge in [0.25, 0.3) is 0 Å². The average molecular weight is 208 g/mol. The highest BCUT2D eigenvalue weighted by Gasteiger charge is 2.48. The number of hydrogen-bond donors (Lipinski definition) is 1. The van der Waals surface area contributed by atoms with Gasteiger partial charge in [0.1, 0.15) is 0 Å². The Morgan fingerprint density at radius 3 is 2.47 bits per heavy atom. The molecule has 84 valence electrons. The molecule has 2 nitrogen and oxygen atoms in total. The van der Waals surface area contributed by atoms with Crippen LogP contribution in [0.2, 0.25) is 0 Å². The molecule has 1 N–H and O–H groups in total. The number of rotatable bonds is 2. The minimum Gasteiger partial charge on any atom is -0.481 e. The van der Waals surface area contributed by atoms with Crippen molar-refractivity contribution in [1.29, 1.82) is 0 Å². The predicted octanol–water partition coefficient (Wildman–Crippen LogP) is 2.95. The summed E-state index contributed by atoms with van der Waals surface area (Å²) in [5.41, 5.74) is 0.233. The Hall–Kier alpha value is -0.790. The molecule has 0 aromatic carbocycles. The van der Waals surface area contributed by atoms with Crippen LogP contribution in [0, 0.1) is 29.1 Å². The first-order valence-electron chi connectivity index (χ1n) is 5.79. The van der Waals surface area contributed by atoms with Gasteiger partial charge >= 0.3 is 5.97 Å². The second kappa shape index (κ2) is 3.36. The minimum absolute atomic E-state index is 0.126. The highest BCUT2D eigenvalue weighted by molar-refractivity contribution is 5.72. The van der Waals surface area contributed by atoms with Gasteiger partial charge in [0, 0.05) is 0 Å². The quantitative estimate of drug-likeness (QED) is 0.708. The Labute approximate surface area is 91.4 Å². The molecule has 1 saturated carbocycles. The third kappa shape index (κ3) is 1.95. The number of allylic oxidation sites excluding steroid dienone is 2. The molecule has 0 radical (unpaired) electrons.